The lowest BCUT2D eigenvalue weighted by molar-refractivity contribution is -0.114. The Bertz CT molecular complexity index is 1430. The minimum absolute atomic E-state index is 0.110. The molecular weight excluding hydrogens is 466 g/mol. The van der Waals surface area contributed by atoms with Crippen LogP contribution < -0.4 is 11.1 Å². The molecule has 3 heterocycles. The summed E-state index contributed by atoms with van der Waals surface area (Å²) >= 11 is 0. The molecular formula is C25H24F2N8O. The molecule has 1 fully saturated rings. The third-order valence-electron chi connectivity index (χ3n) is 6.13. The van der Waals surface area contributed by atoms with Gasteiger partial charge in [0.15, 0.2) is 17.5 Å². The van der Waals surface area contributed by atoms with Gasteiger partial charge in [-0.15, -0.1) is 5.10 Å². The number of nitrogens with two attached hydrogens (primary N) is 1. The van der Waals surface area contributed by atoms with Crippen molar-refractivity contribution in [3.8, 4) is 28.2 Å². The average Bonchev–Trinajstić information content (AvgIpc) is 3.54. The number of benzene rings is 2. The molecule has 4 aromatic rings. The Balaban J connectivity index is 1.54. The van der Waals surface area contributed by atoms with Gasteiger partial charge in [-0.05, 0) is 71.8 Å². The molecule has 2 aromatic carbocycles. The Labute approximate surface area is 205 Å². The number of halogens is 2. The van der Waals surface area contributed by atoms with Crippen LogP contribution in [0.5, 0.6) is 0 Å². The number of tetrazole rings is 1. The van der Waals surface area contributed by atoms with E-state index in [-0.39, 0.29) is 23.2 Å². The average molecular weight is 491 g/mol. The summed E-state index contributed by atoms with van der Waals surface area (Å²) in [5.74, 6) is -2.03. The second-order valence-corrected chi connectivity index (χ2v) is 8.68. The summed E-state index contributed by atoms with van der Waals surface area (Å²) in [7, 11) is 0. The zero-order valence-corrected chi connectivity index (χ0v) is 19.6. The number of likely N-dealkylation sites (tertiary alicyclic amines) is 1. The normalized spacial score (nSPS) is 13.8. The molecule has 9 nitrogen and oxygen atoms in total. The van der Waals surface area contributed by atoms with E-state index >= 15 is 0 Å². The molecule has 2 aromatic heterocycles. The van der Waals surface area contributed by atoms with E-state index in [0.29, 0.717) is 11.1 Å². The number of aromatic nitrogens is 5. The van der Waals surface area contributed by atoms with Crippen molar-refractivity contribution < 1.29 is 13.6 Å². The van der Waals surface area contributed by atoms with Gasteiger partial charge in [-0.1, -0.05) is 18.2 Å². The number of hydrogen-bond acceptors (Lipinski definition) is 7. The minimum atomic E-state index is -1.08. The molecule has 1 aliphatic heterocycles. The largest absolute Gasteiger partial charge is 0.383 e. The summed E-state index contributed by atoms with van der Waals surface area (Å²) < 4.78 is 29.4. The van der Waals surface area contributed by atoms with Crippen molar-refractivity contribution in [2.24, 2.45) is 0 Å². The fourth-order valence-corrected chi connectivity index (χ4v) is 4.37. The van der Waals surface area contributed by atoms with Crippen LogP contribution in [-0.4, -0.2) is 49.1 Å². The summed E-state index contributed by atoms with van der Waals surface area (Å²) in [6, 6.07) is 11.3. The van der Waals surface area contributed by atoms with Crippen molar-refractivity contribution in [1.29, 1.82) is 0 Å². The van der Waals surface area contributed by atoms with E-state index in [4.69, 9.17) is 5.73 Å². The van der Waals surface area contributed by atoms with Crippen LogP contribution in [-0.2, 0) is 11.3 Å². The highest BCUT2D eigenvalue weighted by molar-refractivity contribution is 5.91. The highest BCUT2D eigenvalue weighted by atomic mass is 19.2. The number of pyridine rings is 1. The monoisotopic (exact) mass is 490 g/mol. The van der Waals surface area contributed by atoms with Gasteiger partial charge in [0, 0.05) is 30.9 Å². The fourth-order valence-electron chi connectivity index (χ4n) is 4.37. The van der Waals surface area contributed by atoms with Crippen LogP contribution in [0, 0.1) is 11.6 Å². The predicted molar refractivity (Wildman–Crippen MR) is 131 cm³/mol. The van der Waals surface area contributed by atoms with Crippen LogP contribution >= 0.6 is 0 Å². The van der Waals surface area contributed by atoms with Gasteiger partial charge < -0.3 is 11.1 Å². The van der Waals surface area contributed by atoms with Crippen molar-refractivity contribution in [2.75, 3.05) is 24.1 Å². The standard InChI is InChI=1S/C25H24F2N8O/c1-15(36)30-21-12-16(7-8-17(21)14-34-9-2-3-10-34)18-11-19(24(28)29-13-18)25-31-32-33-35(25)22-6-4-5-20(26)23(22)27/h4-8,11-13H,2-3,9-10,14H2,1H3,(H2,28,29)(H,30,36). The summed E-state index contributed by atoms with van der Waals surface area (Å²) in [4.78, 5) is 18.5. The SMILES string of the molecule is CC(=O)Nc1cc(-c2cnc(N)c(-c3nnnn3-c3cccc(F)c3F)c2)ccc1CN1CCCC1. The van der Waals surface area contributed by atoms with Crippen LogP contribution in [0.3, 0.4) is 0 Å². The molecule has 184 valence electrons. The Hall–Kier alpha value is -4.25. The summed E-state index contributed by atoms with van der Waals surface area (Å²) in [5.41, 5.74) is 9.54. The molecule has 1 saturated heterocycles. The van der Waals surface area contributed by atoms with Gasteiger partial charge in [0.2, 0.25) is 5.91 Å². The molecule has 3 N–H and O–H groups in total. The molecule has 1 amide bonds. The lowest BCUT2D eigenvalue weighted by Gasteiger charge is -2.18. The number of hydrogen-bond donors (Lipinski definition) is 2. The summed E-state index contributed by atoms with van der Waals surface area (Å²) in [5, 5.41) is 14.4. The molecule has 0 unspecified atom stereocenters. The first-order chi connectivity index (χ1) is 17.4. The van der Waals surface area contributed by atoms with E-state index in [1.807, 2.05) is 18.2 Å². The van der Waals surface area contributed by atoms with Gasteiger partial charge in [0.1, 0.15) is 11.5 Å². The first kappa shape index (κ1) is 23.5. The molecule has 0 radical (unpaired) electrons. The van der Waals surface area contributed by atoms with Gasteiger partial charge in [0.25, 0.3) is 0 Å². The van der Waals surface area contributed by atoms with Gasteiger partial charge in [-0.3, -0.25) is 9.69 Å². The van der Waals surface area contributed by atoms with Crippen LogP contribution in [0.1, 0.15) is 25.3 Å². The van der Waals surface area contributed by atoms with Crippen molar-refractivity contribution in [3.05, 3.63) is 65.9 Å². The van der Waals surface area contributed by atoms with E-state index in [1.54, 1.807) is 12.3 Å². The first-order valence-corrected chi connectivity index (χ1v) is 11.5. The van der Waals surface area contributed by atoms with Crippen molar-refractivity contribution >= 4 is 17.4 Å². The number of nitrogens with zero attached hydrogens (tertiary/aromatic N) is 6. The number of carbonyl (C=O) groups excluding carboxylic acids is 1. The van der Waals surface area contributed by atoms with E-state index in [9.17, 15) is 13.6 Å². The molecule has 0 bridgehead atoms. The van der Waals surface area contributed by atoms with E-state index in [0.717, 1.165) is 47.2 Å². The molecule has 0 aliphatic carbocycles. The van der Waals surface area contributed by atoms with Crippen LogP contribution in [0.25, 0.3) is 28.2 Å². The number of rotatable bonds is 6. The zero-order chi connectivity index (χ0) is 25.2. The zero-order valence-electron chi connectivity index (χ0n) is 19.6. The topological polar surface area (TPSA) is 115 Å². The van der Waals surface area contributed by atoms with Gasteiger partial charge >= 0.3 is 0 Å². The van der Waals surface area contributed by atoms with Gasteiger partial charge in [0.05, 0.1) is 5.56 Å². The number of nitrogen functional groups attached to an aromatic ring is 1. The second kappa shape index (κ2) is 9.78. The number of anilines is 2. The highest BCUT2D eigenvalue weighted by Gasteiger charge is 2.20. The number of carbonyl (C=O) groups is 1. The minimum Gasteiger partial charge on any atom is -0.383 e. The Kier molecular flexibility index (Phi) is 6.38. The Morgan fingerprint density at radius 2 is 1.92 bits per heavy atom. The molecule has 0 saturated carbocycles. The van der Waals surface area contributed by atoms with Gasteiger partial charge in [-0.2, -0.15) is 4.68 Å². The van der Waals surface area contributed by atoms with Crippen LogP contribution in [0.2, 0.25) is 0 Å². The first-order valence-electron chi connectivity index (χ1n) is 11.5. The summed E-state index contributed by atoms with van der Waals surface area (Å²) in [6.07, 6.45) is 3.95. The molecule has 5 rings (SSSR count). The molecule has 0 spiro atoms. The quantitative estimate of drug-likeness (QED) is 0.422. The smallest absolute Gasteiger partial charge is 0.221 e. The molecule has 36 heavy (non-hydrogen) atoms. The maximum absolute atomic E-state index is 14.5. The molecule has 11 heteroatoms. The Morgan fingerprint density at radius 1 is 1.11 bits per heavy atom. The van der Waals surface area contributed by atoms with Crippen molar-refractivity contribution in [3.63, 3.8) is 0 Å². The third kappa shape index (κ3) is 4.65. The van der Waals surface area contributed by atoms with Gasteiger partial charge in [-0.25, -0.2) is 13.8 Å². The van der Waals surface area contributed by atoms with E-state index in [2.05, 4.69) is 30.7 Å². The highest BCUT2D eigenvalue weighted by Crippen LogP contribution is 2.32. The van der Waals surface area contributed by atoms with Crippen LogP contribution in [0.4, 0.5) is 20.3 Å². The summed E-state index contributed by atoms with van der Waals surface area (Å²) in [6.45, 7) is 4.29. The Morgan fingerprint density at radius 3 is 2.69 bits per heavy atom. The van der Waals surface area contributed by atoms with Crippen molar-refractivity contribution in [2.45, 2.75) is 26.3 Å². The fraction of sp³-hybridized carbons (Fsp3) is 0.240. The maximum Gasteiger partial charge on any atom is 0.221 e. The van der Waals surface area contributed by atoms with Crippen LogP contribution in [0.15, 0.2) is 48.7 Å². The molecule has 0 atom stereocenters. The lowest BCUT2D eigenvalue weighted by Crippen LogP contribution is -2.20. The second-order valence-electron chi connectivity index (χ2n) is 8.68. The third-order valence-corrected chi connectivity index (χ3v) is 6.13. The maximum atomic E-state index is 14.5. The molecule has 1 aliphatic rings. The van der Waals surface area contributed by atoms with E-state index < -0.39 is 11.6 Å². The lowest BCUT2D eigenvalue weighted by atomic mass is 10.0. The van der Waals surface area contributed by atoms with Crippen molar-refractivity contribution in [1.82, 2.24) is 30.1 Å². The number of nitrogens with one attached hydrogen (secondary N) is 1. The van der Waals surface area contributed by atoms with E-state index in [1.165, 1.54) is 31.9 Å². The number of amides is 1. The predicted octanol–water partition coefficient (Wildman–Crippen LogP) is 3.81.